The molecule has 2 amide bonds. The smallest absolute Gasteiger partial charge is 0.264 e. The summed E-state index contributed by atoms with van der Waals surface area (Å²) in [7, 11) is -2.71. The minimum Gasteiger partial charge on any atom is -0.357 e. The lowest BCUT2D eigenvalue weighted by Gasteiger charge is -2.32. The molecule has 1 atom stereocenters. The summed E-state index contributed by atoms with van der Waals surface area (Å²) in [5.41, 5.74) is 1.87. The third kappa shape index (κ3) is 6.19. The highest BCUT2D eigenvalue weighted by atomic mass is 35.5. The molecule has 3 aromatic carbocycles. The predicted molar refractivity (Wildman–Crippen MR) is 143 cm³/mol. The van der Waals surface area contributed by atoms with Crippen LogP contribution in [0.25, 0.3) is 0 Å². The van der Waals surface area contributed by atoms with Crippen molar-refractivity contribution in [3.8, 4) is 0 Å². The number of benzene rings is 3. The average molecular weight is 548 g/mol. The van der Waals surface area contributed by atoms with Crippen LogP contribution in [-0.2, 0) is 26.2 Å². The van der Waals surface area contributed by atoms with E-state index in [0.717, 1.165) is 15.4 Å². The van der Waals surface area contributed by atoms with Crippen molar-refractivity contribution in [3.63, 3.8) is 0 Å². The van der Waals surface area contributed by atoms with Crippen molar-refractivity contribution < 1.29 is 18.0 Å². The summed E-state index contributed by atoms with van der Waals surface area (Å²) in [6.45, 7) is 3.04. The Hall–Kier alpha value is -3.07. The van der Waals surface area contributed by atoms with Crippen molar-refractivity contribution in [2.24, 2.45) is 0 Å². The van der Waals surface area contributed by atoms with E-state index in [-0.39, 0.29) is 28.1 Å². The highest BCUT2D eigenvalue weighted by Crippen LogP contribution is 2.33. The number of rotatable bonds is 9. The molecule has 10 heteroatoms. The summed E-state index contributed by atoms with van der Waals surface area (Å²) >= 11 is 12.4. The summed E-state index contributed by atoms with van der Waals surface area (Å²) in [6, 6.07) is 18.7. The van der Waals surface area contributed by atoms with Gasteiger partial charge in [0.05, 0.1) is 15.6 Å². The largest absolute Gasteiger partial charge is 0.357 e. The van der Waals surface area contributed by atoms with E-state index in [2.05, 4.69) is 5.32 Å². The first-order valence-corrected chi connectivity index (χ1v) is 13.3. The number of aryl methyl sites for hydroxylation is 1. The summed E-state index contributed by atoms with van der Waals surface area (Å²) in [6.07, 6.45) is 0. The normalized spacial score (nSPS) is 12.0. The Balaban J connectivity index is 2.07. The predicted octanol–water partition coefficient (Wildman–Crippen LogP) is 4.66. The highest BCUT2D eigenvalue weighted by molar-refractivity contribution is 7.92. The molecule has 0 saturated heterocycles. The van der Waals surface area contributed by atoms with Crippen LogP contribution >= 0.6 is 23.2 Å². The van der Waals surface area contributed by atoms with E-state index < -0.39 is 28.5 Å². The fourth-order valence-corrected chi connectivity index (χ4v) is 5.69. The standard InChI is InChI=1S/C26H27Cl2N3O4S/c1-18-9-7-8-10-20(18)16-30(19(2)26(33)29-3)25(32)17-31(24-14-13-21(27)15-23(24)28)36(34,35)22-11-5-4-6-12-22/h4-15,19H,16-17H2,1-3H3,(H,29,33)/t19-/m1/s1. The summed E-state index contributed by atoms with van der Waals surface area (Å²) in [5, 5.41) is 2.95. The molecule has 0 fully saturated rings. The van der Waals surface area contributed by atoms with Crippen LogP contribution in [0.1, 0.15) is 18.1 Å². The van der Waals surface area contributed by atoms with E-state index in [1.165, 1.54) is 42.3 Å². The number of carbonyl (C=O) groups excluding carboxylic acids is 2. The van der Waals surface area contributed by atoms with Gasteiger partial charge in [-0.05, 0) is 55.3 Å². The zero-order chi connectivity index (χ0) is 26.5. The number of anilines is 1. The summed E-state index contributed by atoms with van der Waals surface area (Å²) < 4.78 is 28.3. The number of halogens is 2. The lowest BCUT2D eigenvalue weighted by molar-refractivity contribution is -0.139. The molecule has 0 spiro atoms. The molecule has 36 heavy (non-hydrogen) atoms. The van der Waals surface area contributed by atoms with Gasteiger partial charge in [0.25, 0.3) is 10.0 Å². The minimum absolute atomic E-state index is 0.00591. The number of likely N-dealkylation sites (N-methyl/N-ethyl adjacent to an activating group) is 1. The third-order valence-electron chi connectivity index (χ3n) is 5.80. The number of carbonyl (C=O) groups is 2. The van der Waals surface area contributed by atoms with Gasteiger partial charge in [-0.25, -0.2) is 8.42 Å². The Labute approximate surface area is 221 Å². The Morgan fingerprint density at radius 3 is 2.22 bits per heavy atom. The van der Waals surface area contributed by atoms with Crippen LogP contribution in [0.15, 0.2) is 77.7 Å². The van der Waals surface area contributed by atoms with E-state index in [0.29, 0.717) is 5.02 Å². The number of hydrogen-bond donors (Lipinski definition) is 1. The number of amides is 2. The highest BCUT2D eigenvalue weighted by Gasteiger charge is 2.33. The molecule has 0 heterocycles. The van der Waals surface area contributed by atoms with Crippen LogP contribution in [0.3, 0.4) is 0 Å². The zero-order valence-corrected chi connectivity index (χ0v) is 22.4. The van der Waals surface area contributed by atoms with Crippen molar-refractivity contribution in [1.29, 1.82) is 0 Å². The van der Waals surface area contributed by atoms with Gasteiger partial charge >= 0.3 is 0 Å². The van der Waals surface area contributed by atoms with E-state index in [9.17, 15) is 18.0 Å². The lowest BCUT2D eigenvalue weighted by Crippen LogP contribution is -2.50. The van der Waals surface area contributed by atoms with Crippen molar-refractivity contribution in [3.05, 3.63) is 94.0 Å². The van der Waals surface area contributed by atoms with E-state index in [4.69, 9.17) is 23.2 Å². The van der Waals surface area contributed by atoms with Gasteiger partial charge in [0, 0.05) is 18.6 Å². The molecule has 0 radical (unpaired) electrons. The van der Waals surface area contributed by atoms with Gasteiger partial charge < -0.3 is 10.2 Å². The average Bonchev–Trinajstić information content (AvgIpc) is 2.86. The number of nitrogens with one attached hydrogen (secondary N) is 1. The van der Waals surface area contributed by atoms with Crippen molar-refractivity contribution in [2.75, 3.05) is 17.9 Å². The molecule has 0 bridgehead atoms. The van der Waals surface area contributed by atoms with Crippen molar-refractivity contribution >= 4 is 50.7 Å². The first kappa shape index (κ1) is 27.5. The van der Waals surface area contributed by atoms with Gasteiger partial charge in [-0.1, -0.05) is 65.7 Å². The third-order valence-corrected chi connectivity index (χ3v) is 8.12. The Kier molecular flexibility index (Phi) is 9.00. The van der Waals surface area contributed by atoms with Crippen LogP contribution in [0, 0.1) is 6.92 Å². The van der Waals surface area contributed by atoms with Crippen LogP contribution < -0.4 is 9.62 Å². The van der Waals surface area contributed by atoms with Crippen molar-refractivity contribution in [1.82, 2.24) is 10.2 Å². The van der Waals surface area contributed by atoms with Crippen molar-refractivity contribution in [2.45, 2.75) is 31.3 Å². The van der Waals surface area contributed by atoms with Crippen LogP contribution in [0.4, 0.5) is 5.69 Å². The maximum atomic E-state index is 13.7. The van der Waals surface area contributed by atoms with Crippen LogP contribution in [0.2, 0.25) is 10.0 Å². The zero-order valence-electron chi connectivity index (χ0n) is 20.1. The second kappa shape index (κ2) is 11.8. The van der Waals surface area contributed by atoms with E-state index in [1.807, 2.05) is 31.2 Å². The van der Waals surface area contributed by atoms with E-state index >= 15 is 0 Å². The molecule has 0 aliphatic rings. The second-order valence-electron chi connectivity index (χ2n) is 8.16. The molecule has 3 aromatic rings. The molecule has 0 aliphatic heterocycles. The summed E-state index contributed by atoms with van der Waals surface area (Å²) in [4.78, 5) is 27.6. The van der Waals surface area contributed by atoms with E-state index in [1.54, 1.807) is 25.1 Å². The molecular formula is C26H27Cl2N3O4S. The fourth-order valence-electron chi connectivity index (χ4n) is 3.68. The van der Waals surface area contributed by atoms with Gasteiger partial charge in [0.2, 0.25) is 11.8 Å². The number of hydrogen-bond acceptors (Lipinski definition) is 4. The first-order valence-electron chi connectivity index (χ1n) is 11.1. The van der Waals surface area contributed by atoms with Gasteiger partial charge in [-0.2, -0.15) is 0 Å². The SMILES string of the molecule is CNC(=O)[C@@H](C)N(Cc1ccccc1C)C(=O)CN(c1ccc(Cl)cc1Cl)S(=O)(=O)c1ccccc1. The fraction of sp³-hybridized carbons (Fsp3) is 0.231. The molecule has 0 saturated carbocycles. The Morgan fingerprint density at radius 2 is 1.61 bits per heavy atom. The van der Waals surface area contributed by atoms with Crippen LogP contribution in [0.5, 0.6) is 0 Å². The molecule has 3 rings (SSSR count). The molecule has 190 valence electrons. The molecular weight excluding hydrogens is 521 g/mol. The van der Waals surface area contributed by atoms with Gasteiger partial charge in [-0.15, -0.1) is 0 Å². The summed E-state index contributed by atoms with van der Waals surface area (Å²) in [5.74, 6) is -0.946. The van der Waals surface area contributed by atoms with Gasteiger partial charge in [-0.3, -0.25) is 13.9 Å². The first-order chi connectivity index (χ1) is 17.1. The maximum absolute atomic E-state index is 13.7. The maximum Gasteiger partial charge on any atom is 0.264 e. The molecule has 0 unspecified atom stereocenters. The minimum atomic E-state index is -4.19. The van der Waals surface area contributed by atoms with Crippen LogP contribution in [-0.4, -0.2) is 44.8 Å². The lowest BCUT2D eigenvalue weighted by atomic mass is 10.1. The molecule has 7 nitrogen and oxygen atoms in total. The molecule has 0 aromatic heterocycles. The van der Waals surface area contributed by atoms with Gasteiger partial charge in [0.1, 0.15) is 12.6 Å². The quantitative estimate of drug-likeness (QED) is 0.422. The molecule has 0 aliphatic carbocycles. The number of sulfonamides is 1. The Bertz CT molecular complexity index is 1350. The Morgan fingerprint density at radius 1 is 0.972 bits per heavy atom. The monoisotopic (exact) mass is 547 g/mol. The molecule has 1 N–H and O–H groups in total. The second-order valence-corrected chi connectivity index (χ2v) is 10.9. The van der Waals surface area contributed by atoms with Gasteiger partial charge in [0.15, 0.2) is 0 Å². The number of nitrogens with zero attached hydrogens (tertiary/aromatic N) is 2. The topological polar surface area (TPSA) is 86.8 Å².